The Hall–Kier alpha value is -1.96. The van der Waals surface area contributed by atoms with Gasteiger partial charge in [0.1, 0.15) is 0 Å². The molecular weight excluding hydrogens is 278 g/mol. The van der Waals surface area contributed by atoms with Crippen LogP contribution in [0.25, 0.3) is 0 Å². The van der Waals surface area contributed by atoms with Crippen molar-refractivity contribution in [1.29, 1.82) is 0 Å². The van der Waals surface area contributed by atoms with Gasteiger partial charge in [0, 0.05) is 35.5 Å². The molecule has 0 radical (unpaired) electrons. The summed E-state index contributed by atoms with van der Waals surface area (Å²) in [6.07, 6.45) is 3.33. The van der Waals surface area contributed by atoms with Crippen LogP contribution in [0.5, 0.6) is 0 Å². The fourth-order valence-electron chi connectivity index (χ4n) is 1.83. The summed E-state index contributed by atoms with van der Waals surface area (Å²) in [5.41, 5.74) is 2.90. The van der Waals surface area contributed by atoms with E-state index in [0.29, 0.717) is 17.9 Å². The second kappa shape index (κ2) is 6.47. The summed E-state index contributed by atoms with van der Waals surface area (Å²) >= 11 is 1.74. The first-order valence-electron chi connectivity index (χ1n) is 6.22. The molecule has 0 aliphatic heterocycles. The van der Waals surface area contributed by atoms with Crippen LogP contribution in [0.15, 0.2) is 12.5 Å². The number of hydrogen-bond donors (Lipinski definition) is 3. The largest absolute Gasteiger partial charge is 0.365 e. The first-order chi connectivity index (χ1) is 9.59. The van der Waals surface area contributed by atoms with E-state index in [1.807, 2.05) is 6.92 Å². The maximum absolute atomic E-state index is 10.9. The van der Waals surface area contributed by atoms with Crippen LogP contribution in [0, 0.1) is 24.0 Å². The second-order valence-corrected chi connectivity index (χ2v) is 5.51. The van der Waals surface area contributed by atoms with Gasteiger partial charge in [-0.2, -0.15) is 11.8 Å². The average Bonchev–Trinajstić information content (AvgIpc) is 2.96. The Morgan fingerprint density at radius 3 is 2.90 bits per heavy atom. The first-order valence-corrected chi connectivity index (χ1v) is 7.38. The van der Waals surface area contributed by atoms with Crippen LogP contribution in [-0.4, -0.2) is 32.2 Å². The fourth-order valence-corrected chi connectivity index (χ4v) is 2.71. The highest BCUT2D eigenvalue weighted by Gasteiger charge is 2.18. The summed E-state index contributed by atoms with van der Waals surface area (Å²) in [5.74, 6) is 2.16. The predicted molar refractivity (Wildman–Crippen MR) is 80.2 cm³/mol. The maximum Gasteiger partial charge on any atom is 0.313 e. The van der Waals surface area contributed by atoms with Crippen molar-refractivity contribution in [3.8, 4) is 0 Å². The van der Waals surface area contributed by atoms with Gasteiger partial charge >= 0.3 is 5.69 Å². The Morgan fingerprint density at radius 2 is 2.25 bits per heavy atom. The number of aryl methyl sites for hydroxylation is 2. The molecule has 0 atom stereocenters. The SMILES string of the molecule is Cc1c[nH]c(NCCSCc2nc[nH]c2C)c1[N+](=O)[O-]. The summed E-state index contributed by atoms with van der Waals surface area (Å²) in [6, 6.07) is 0. The summed E-state index contributed by atoms with van der Waals surface area (Å²) in [5, 5.41) is 14.0. The third-order valence-electron chi connectivity index (χ3n) is 2.95. The van der Waals surface area contributed by atoms with E-state index < -0.39 is 0 Å². The second-order valence-electron chi connectivity index (χ2n) is 4.41. The van der Waals surface area contributed by atoms with E-state index in [2.05, 4.69) is 20.3 Å². The van der Waals surface area contributed by atoms with Gasteiger partial charge < -0.3 is 15.3 Å². The van der Waals surface area contributed by atoms with Gasteiger partial charge in [-0.1, -0.05) is 0 Å². The minimum absolute atomic E-state index is 0.123. The molecule has 2 heterocycles. The Morgan fingerprint density at radius 1 is 1.45 bits per heavy atom. The zero-order valence-electron chi connectivity index (χ0n) is 11.4. The van der Waals surface area contributed by atoms with Crippen molar-refractivity contribution in [2.45, 2.75) is 19.6 Å². The first kappa shape index (κ1) is 14.4. The van der Waals surface area contributed by atoms with E-state index in [0.717, 1.165) is 22.9 Å². The van der Waals surface area contributed by atoms with Crippen LogP contribution in [0.4, 0.5) is 11.5 Å². The van der Waals surface area contributed by atoms with Crippen LogP contribution in [-0.2, 0) is 5.75 Å². The topological polar surface area (TPSA) is 99.6 Å². The van der Waals surface area contributed by atoms with Crippen molar-refractivity contribution < 1.29 is 4.92 Å². The lowest BCUT2D eigenvalue weighted by atomic mass is 10.3. The number of rotatable bonds is 7. The zero-order chi connectivity index (χ0) is 14.5. The molecule has 8 heteroatoms. The van der Waals surface area contributed by atoms with Crippen LogP contribution in [0.2, 0.25) is 0 Å². The summed E-state index contributed by atoms with van der Waals surface area (Å²) in [6.45, 7) is 4.37. The molecule has 0 bridgehead atoms. The monoisotopic (exact) mass is 295 g/mol. The van der Waals surface area contributed by atoms with E-state index in [1.54, 1.807) is 31.2 Å². The predicted octanol–water partition coefficient (Wildman–Crippen LogP) is 2.61. The highest BCUT2D eigenvalue weighted by Crippen LogP contribution is 2.26. The highest BCUT2D eigenvalue weighted by molar-refractivity contribution is 7.98. The molecule has 3 N–H and O–H groups in total. The third kappa shape index (κ3) is 3.32. The number of H-pyrrole nitrogens is 2. The van der Waals surface area contributed by atoms with Gasteiger partial charge in [0.25, 0.3) is 0 Å². The average molecular weight is 295 g/mol. The van der Waals surface area contributed by atoms with E-state index in [9.17, 15) is 10.1 Å². The molecule has 2 rings (SSSR count). The van der Waals surface area contributed by atoms with Crippen LogP contribution in [0.1, 0.15) is 17.0 Å². The number of imidazole rings is 1. The normalized spacial score (nSPS) is 10.7. The molecule has 0 saturated heterocycles. The fraction of sp³-hybridized carbons (Fsp3) is 0.417. The molecular formula is C12H17N5O2S. The maximum atomic E-state index is 10.9. The number of nitrogens with one attached hydrogen (secondary N) is 3. The number of thioether (sulfide) groups is 1. The number of nitrogens with zero attached hydrogens (tertiary/aromatic N) is 2. The van der Waals surface area contributed by atoms with Gasteiger partial charge in [0.2, 0.25) is 0 Å². The van der Waals surface area contributed by atoms with Crippen LogP contribution in [0.3, 0.4) is 0 Å². The molecule has 0 amide bonds. The van der Waals surface area contributed by atoms with Gasteiger partial charge in [0.15, 0.2) is 5.82 Å². The lowest BCUT2D eigenvalue weighted by Crippen LogP contribution is -2.06. The van der Waals surface area contributed by atoms with Gasteiger partial charge in [-0.05, 0) is 13.8 Å². The molecule has 108 valence electrons. The molecule has 0 spiro atoms. The Balaban J connectivity index is 1.77. The van der Waals surface area contributed by atoms with Crippen molar-refractivity contribution in [2.24, 2.45) is 0 Å². The third-order valence-corrected chi connectivity index (χ3v) is 3.92. The summed E-state index contributed by atoms with van der Waals surface area (Å²) in [7, 11) is 0. The van der Waals surface area contributed by atoms with Crippen molar-refractivity contribution >= 4 is 23.3 Å². The number of anilines is 1. The van der Waals surface area contributed by atoms with E-state index in [-0.39, 0.29) is 10.6 Å². The number of nitro groups is 1. The minimum Gasteiger partial charge on any atom is -0.365 e. The molecule has 0 saturated carbocycles. The van der Waals surface area contributed by atoms with E-state index in [1.165, 1.54) is 0 Å². The van der Waals surface area contributed by atoms with Crippen molar-refractivity contribution in [1.82, 2.24) is 15.0 Å². The Labute approximate surface area is 120 Å². The van der Waals surface area contributed by atoms with Gasteiger partial charge in [-0.3, -0.25) is 10.1 Å². The van der Waals surface area contributed by atoms with Crippen LogP contribution < -0.4 is 5.32 Å². The van der Waals surface area contributed by atoms with Crippen LogP contribution >= 0.6 is 11.8 Å². The molecule has 2 aromatic rings. The molecule has 0 aliphatic carbocycles. The van der Waals surface area contributed by atoms with E-state index in [4.69, 9.17) is 0 Å². The molecule has 0 aromatic carbocycles. The van der Waals surface area contributed by atoms with E-state index >= 15 is 0 Å². The molecule has 2 aromatic heterocycles. The summed E-state index contributed by atoms with van der Waals surface area (Å²) in [4.78, 5) is 20.7. The molecule has 0 fully saturated rings. The molecule has 0 unspecified atom stereocenters. The Bertz CT molecular complexity index is 592. The number of hydrogen-bond acceptors (Lipinski definition) is 5. The molecule has 20 heavy (non-hydrogen) atoms. The summed E-state index contributed by atoms with van der Waals surface area (Å²) < 4.78 is 0. The zero-order valence-corrected chi connectivity index (χ0v) is 12.2. The number of aromatic nitrogens is 3. The lowest BCUT2D eigenvalue weighted by molar-refractivity contribution is -0.384. The van der Waals surface area contributed by atoms with Gasteiger partial charge in [-0.15, -0.1) is 0 Å². The minimum atomic E-state index is -0.367. The van der Waals surface area contributed by atoms with Crippen molar-refractivity contribution in [2.75, 3.05) is 17.6 Å². The number of aromatic amines is 2. The smallest absolute Gasteiger partial charge is 0.313 e. The Kier molecular flexibility index (Phi) is 4.67. The quantitative estimate of drug-likeness (QED) is 0.414. The lowest BCUT2D eigenvalue weighted by Gasteiger charge is -2.04. The highest BCUT2D eigenvalue weighted by atomic mass is 32.2. The standard InChI is InChI=1S/C12H17N5O2S/c1-8-5-14-12(11(8)17(18)19)13-3-4-20-6-10-9(2)15-7-16-10/h5,7,13-14H,3-4,6H2,1-2H3,(H,15,16). The molecule has 0 aliphatic rings. The van der Waals surface area contributed by atoms with Gasteiger partial charge in [-0.25, -0.2) is 4.98 Å². The van der Waals surface area contributed by atoms with Crippen molar-refractivity contribution in [3.05, 3.63) is 39.6 Å². The molecule has 7 nitrogen and oxygen atoms in total. The van der Waals surface area contributed by atoms with Crippen molar-refractivity contribution in [3.63, 3.8) is 0 Å². The van der Waals surface area contributed by atoms with Gasteiger partial charge in [0.05, 0.1) is 16.9 Å².